The highest BCUT2D eigenvalue weighted by atomic mass is 35.5. The van der Waals surface area contributed by atoms with Gasteiger partial charge in [-0.25, -0.2) is 0 Å². The Balaban J connectivity index is 1.82. The summed E-state index contributed by atoms with van der Waals surface area (Å²) in [6, 6.07) is 12.7. The Hall–Kier alpha value is -2.20. The van der Waals surface area contributed by atoms with Gasteiger partial charge in [0.2, 0.25) is 0 Å². The average molecular weight is 332 g/mol. The van der Waals surface area contributed by atoms with Crippen molar-refractivity contribution in [3.8, 4) is 11.5 Å². The monoisotopic (exact) mass is 331 g/mol. The van der Waals surface area contributed by atoms with E-state index < -0.39 is 0 Å². The van der Waals surface area contributed by atoms with E-state index in [4.69, 9.17) is 21.1 Å². The Morgan fingerprint density at radius 3 is 2.61 bits per heavy atom. The lowest BCUT2D eigenvalue weighted by atomic mass is 10.1. The van der Waals surface area contributed by atoms with Gasteiger partial charge >= 0.3 is 0 Å². The molecule has 0 saturated heterocycles. The van der Waals surface area contributed by atoms with E-state index in [1.54, 1.807) is 29.2 Å². The number of amides is 1. The summed E-state index contributed by atoms with van der Waals surface area (Å²) in [5.41, 5.74) is 1.57. The van der Waals surface area contributed by atoms with E-state index in [0.717, 1.165) is 17.1 Å². The molecular formula is C18H18ClNO3. The summed E-state index contributed by atoms with van der Waals surface area (Å²) in [6.07, 6.45) is 0. The second kappa shape index (κ2) is 6.92. The zero-order valence-corrected chi connectivity index (χ0v) is 13.7. The van der Waals surface area contributed by atoms with Crippen molar-refractivity contribution in [1.29, 1.82) is 0 Å². The molecule has 1 aliphatic heterocycles. The van der Waals surface area contributed by atoms with Crippen LogP contribution in [0.5, 0.6) is 11.5 Å². The number of ether oxygens (including phenoxy) is 2. The standard InChI is InChI=1S/C18H18ClNO3/c1-2-20(18(21)13-6-8-15(19)9-7-13)12-14-4-3-5-16-17(14)23-11-10-22-16/h3-9H,2,10-12H2,1H3. The van der Waals surface area contributed by atoms with Crippen molar-refractivity contribution < 1.29 is 14.3 Å². The third-order valence-corrected chi connectivity index (χ3v) is 4.02. The first-order valence-corrected chi connectivity index (χ1v) is 7.99. The Labute approximate surface area is 140 Å². The minimum Gasteiger partial charge on any atom is -0.486 e. The van der Waals surface area contributed by atoms with E-state index in [2.05, 4.69) is 0 Å². The van der Waals surface area contributed by atoms with E-state index in [0.29, 0.717) is 36.9 Å². The molecule has 0 saturated carbocycles. The minimum absolute atomic E-state index is 0.0292. The van der Waals surface area contributed by atoms with Crippen molar-refractivity contribution >= 4 is 17.5 Å². The summed E-state index contributed by atoms with van der Waals surface area (Å²) in [5.74, 6) is 1.45. The highest BCUT2D eigenvalue weighted by Crippen LogP contribution is 2.34. The predicted octanol–water partition coefficient (Wildman–Crippen LogP) is 3.77. The molecule has 0 radical (unpaired) electrons. The van der Waals surface area contributed by atoms with E-state index in [9.17, 15) is 4.79 Å². The van der Waals surface area contributed by atoms with Crippen LogP contribution in [0.25, 0.3) is 0 Å². The fourth-order valence-corrected chi connectivity index (χ4v) is 2.69. The molecule has 0 atom stereocenters. The van der Waals surface area contributed by atoms with Gasteiger partial charge < -0.3 is 14.4 Å². The molecule has 5 heteroatoms. The molecule has 2 aromatic rings. The van der Waals surface area contributed by atoms with Crippen LogP contribution in [-0.2, 0) is 6.54 Å². The van der Waals surface area contributed by atoms with Gasteiger partial charge in [-0.2, -0.15) is 0 Å². The molecule has 23 heavy (non-hydrogen) atoms. The van der Waals surface area contributed by atoms with Crippen LogP contribution in [0.2, 0.25) is 5.02 Å². The van der Waals surface area contributed by atoms with Crippen LogP contribution in [0.1, 0.15) is 22.8 Å². The van der Waals surface area contributed by atoms with Gasteiger partial charge in [-0.3, -0.25) is 4.79 Å². The fraction of sp³-hybridized carbons (Fsp3) is 0.278. The van der Waals surface area contributed by atoms with Crippen molar-refractivity contribution in [2.45, 2.75) is 13.5 Å². The molecule has 0 unspecified atom stereocenters. The van der Waals surface area contributed by atoms with Gasteiger partial charge in [0, 0.05) is 29.2 Å². The molecule has 4 nitrogen and oxygen atoms in total. The summed E-state index contributed by atoms with van der Waals surface area (Å²) in [7, 11) is 0. The van der Waals surface area contributed by atoms with Gasteiger partial charge in [0.1, 0.15) is 13.2 Å². The number of fused-ring (bicyclic) bond motifs is 1. The lowest BCUT2D eigenvalue weighted by Gasteiger charge is -2.25. The molecule has 3 rings (SSSR count). The summed E-state index contributed by atoms with van der Waals surface area (Å²) in [4.78, 5) is 14.4. The largest absolute Gasteiger partial charge is 0.486 e. The molecule has 0 fully saturated rings. The van der Waals surface area contributed by atoms with Crippen molar-refractivity contribution in [1.82, 2.24) is 4.90 Å². The van der Waals surface area contributed by atoms with Crippen molar-refractivity contribution in [2.24, 2.45) is 0 Å². The van der Waals surface area contributed by atoms with Crippen molar-refractivity contribution in [3.63, 3.8) is 0 Å². The quantitative estimate of drug-likeness (QED) is 0.856. The average Bonchev–Trinajstić information content (AvgIpc) is 2.60. The predicted molar refractivity (Wildman–Crippen MR) is 89.3 cm³/mol. The van der Waals surface area contributed by atoms with Crippen molar-refractivity contribution in [3.05, 3.63) is 58.6 Å². The van der Waals surface area contributed by atoms with Gasteiger partial charge in [0.15, 0.2) is 11.5 Å². The first kappa shape index (κ1) is 15.7. The zero-order chi connectivity index (χ0) is 16.2. The molecule has 2 aromatic carbocycles. The number of carbonyl (C=O) groups excluding carboxylic acids is 1. The molecule has 0 aliphatic carbocycles. The van der Waals surface area contributed by atoms with Gasteiger partial charge in [0.05, 0.1) is 0 Å². The summed E-state index contributed by atoms with van der Waals surface area (Å²) in [5, 5.41) is 0.618. The van der Waals surface area contributed by atoms with E-state index in [1.165, 1.54) is 0 Å². The third-order valence-electron chi connectivity index (χ3n) is 3.77. The number of para-hydroxylation sites is 1. The van der Waals surface area contributed by atoms with Crippen molar-refractivity contribution in [2.75, 3.05) is 19.8 Å². The number of hydrogen-bond donors (Lipinski definition) is 0. The minimum atomic E-state index is -0.0292. The smallest absolute Gasteiger partial charge is 0.254 e. The first-order chi connectivity index (χ1) is 11.2. The maximum atomic E-state index is 12.7. The first-order valence-electron chi connectivity index (χ1n) is 7.61. The normalized spacial score (nSPS) is 12.8. The SMILES string of the molecule is CCN(Cc1cccc2c1OCCO2)C(=O)c1ccc(Cl)cc1. The van der Waals surface area contributed by atoms with Gasteiger partial charge in [-0.15, -0.1) is 0 Å². The Morgan fingerprint density at radius 2 is 1.87 bits per heavy atom. The highest BCUT2D eigenvalue weighted by Gasteiger charge is 2.20. The molecule has 1 amide bonds. The third kappa shape index (κ3) is 3.42. The second-order valence-electron chi connectivity index (χ2n) is 5.27. The lowest BCUT2D eigenvalue weighted by Crippen LogP contribution is -2.30. The Morgan fingerprint density at radius 1 is 1.13 bits per heavy atom. The lowest BCUT2D eigenvalue weighted by molar-refractivity contribution is 0.0749. The second-order valence-corrected chi connectivity index (χ2v) is 5.70. The van der Waals surface area contributed by atoms with Crippen LogP contribution in [0.15, 0.2) is 42.5 Å². The Bertz CT molecular complexity index is 700. The number of hydrogen-bond acceptors (Lipinski definition) is 3. The van der Waals surface area contributed by atoms with Gasteiger partial charge in [0.25, 0.3) is 5.91 Å². The maximum Gasteiger partial charge on any atom is 0.254 e. The van der Waals surface area contributed by atoms with E-state index in [-0.39, 0.29) is 5.91 Å². The van der Waals surface area contributed by atoms with E-state index in [1.807, 2.05) is 25.1 Å². The van der Waals surface area contributed by atoms with Crippen LogP contribution >= 0.6 is 11.6 Å². The number of nitrogens with zero attached hydrogens (tertiary/aromatic N) is 1. The van der Waals surface area contributed by atoms with E-state index >= 15 is 0 Å². The maximum absolute atomic E-state index is 12.7. The molecule has 1 heterocycles. The molecule has 120 valence electrons. The summed E-state index contributed by atoms with van der Waals surface area (Å²) in [6.45, 7) is 4.12. The Kier molecular flexibility index (Phi) is 4.72. The summed E-state index contributed by atoms with van der Waals surface area (Å²) >= 11 is 5.88. The summed E-state index contributed by atoms with van der Waals surface area (Å²) < 4.78 is 11.3. The van der Waals surface area contributed by atoms with Crippen LogP contribution in [0, 0.1) is 0 Å². The van der Waals surface area contributed by atoms with Gasteiger partial charge in [-0.1, -0.05) is 23.7 Å². The number of carbonyl (C=O) groups is 1. The van der Waals surface area contributed by atoms with Gasteiger partial charge in [-0.05, 0) is 37.3 Å². The number of rotatable bonds is 4. The van der Waals surface area contributed by atoms with Crippen LogP contribution in [-0.4, -0.2) is 30.6 Å². The molecule has 0 spiro atoms. The molecular weight excluding hydrogens is 314 g/mol. The van der Waals surface area contributed by atoms with Crippen LogP contribution in [0.4, 0.5) is 0 Å². The molecule has 0 bridgehead atoms. The highest BCUT2D eigenvalue weighted by molar-refractivity contribution is 6.30. The fourth-order valence-electron chi connectivity index (χ4n) is 2.57. The van der Waals surface area contributed by atoms with Crippen LogP contribution in [0.3, 0.4) is 0 Å². The van der Waals surface area contributed by atoms with Crippen LogP contribution < -0.4 is 9.47 Å². The molecule has 0 aromatic heterocycles. The molecule has 0 N–H and O–H groups in total. The number of benzene rings is 2. The zero-order valence-electron chi connectivity index (χ0n) is 12.9. The number of halogens is 1. The molecule has 1 aliphatic rings. The topological polar surface area (TPSA) is 38.8 Å².